The largest absolute Gasteiger partial charge is 0.352 e. The van der Waals surface area contributed by atoms with Crippen LogP contribution in [0.5, 0.6) is 0 Å². The maximum absolute atomic E-state index is 12.2. The zero-order chi connectivity index (χ0) is 18.4. The fourth-order valence-corrected chi connectivity index (χ4v) is 3.24. The van der Waals surface area contributed by atoms with Gasteiger partial charge in [0.05, 0.1) is 11.9 Å². The van der Waals surface area contributed by atoms with E-state index >= 15 is 0 Å². The number of pyridine rings is 1. The molecule has 1 aliphatic carbocycles. The smallest absolute Gasteiger partial charge is 0.255 e. The Morgan fingerprint density at radius 1 is 1.15 bits per heavy atom. The molecule has 136 valence electrons. The number of carbonyl (C=O) groups is 2. The molecule has 0 radical (unpaired) electrons. The first-order valence-corrected chi connectivity index (χ1v) is 8.94. The minimum atomic E-state index is -0.191. The average molecular weight is 352 g/mol. The second kappa shape index (κ2) is 8.58. The fraction of sp³-hybridized carbons (Fsp3) is 0.350. The number of carbonyl (C=O) groups excluding carboxylic acids is 2. The van der Waals surface area contributed by atoms with E-state index in [1.54, 1.807) is 36.7 Å². The molecule has 2 amide bonds. The summed E-state index contributed by atoms with van der Waals surface area (Å²) in [5.41, 5.74) is 8.17. The lowest BCUT2D eigenvalue weighted by molar-refractivity contribution is -0.122. The van der Waals surface area contributed by atoms with Gasteiger partial charge in [-0.3, -0.25) is 14.6 Å². The van der Waals surface area contributed by atoms with Crippen LogP contribution in [0.3, 0.4) is 0 Å². The van der Waals surface area contributed by atoms with Crippen molar-refractivity contribution < 1.29 is 9.59 Å². The number of aromatic nitrogens is 1. The van der Waals surface area contributed by atoms with Gasteiger partial charge in [0, 0.05) is 30.8 Å². The molecule has 0 bridgehead atoms. The van der Waals surface area contributed by atoms with Gasteiger partial charge in [0.2, 0.25) is 5.91 Å². The third kappa shape index (κ3) is 4.89. The summed E-state index contributed by atoms with van der Waals surface area (Å²) in [6.45, 7) is 0.450. The summed E-state index contributed by atoms with van der Waals surface area (Å²) in [6, 6.07) is 10.9. The molecule has 1 aromatic carbocycles. The van der Waals surface area contributed by atoms with Crippen molar-refractivity contribution in [3.8, 4) is 0 Å². The van der Waals surface area contributed by atoms with Gasteiger partial charge < -0.3 is 16.4 Å². The van der Waals surface area contributed by atoms with E-state index in [1.807, 2.05) is 12.1 Å². The van der Waals surface area contributed by atoms with Crippen LogP contribution in [0, 0.1) is 5.92 Å². The van der Waals surface area contributed by atoms with Crippen molar-refractivity contribution in [2.75, 3.05) is 5.32 Å². The van der Waals surface area contributed by atoms with Crippen molar-refractivity contribution in [3.05, 3.63) is 59.9 Å². The lowest BCUT2D eigenvalue weighted by atomic mass is 10.00. The molecular weight excluding hydrogens is 328 g/mol. The van der Waals surface area contributed by atoms with E-state index in [2.05, 4.69) is 15.6 Å². The summed E-state index contributed by atoms with van der Waals surface area (Å²) in [4.78, 5) is 28.2. The van der Waals surface area contributed by atoms with Crippen molar-refractivity contribution in [2.24, 2.45) is 11.7 Å². The third-order valence-electron chi connectivity index (χ3n) is 4.79. The van der Waals surface area contributed by atoms with Gasteiger partial charge in [-0.2, -0.15) is 0 Å². The second-order valence-corrected chi connectivity index (χ2v) is 6.73. The Labute approximate surface area is 153 Å². The van der Waals surface area contributed by atoms with Gasteiger partial charge in [-0.05, 0) is 48.6 Å². The predicted octanol–water partition coefficient (Wildman–Crippen LogP) is 2.47. The Kier molecular flexibility index (Phi) is 5.96. The summed E-state index contributed by atoms with van der Waals surface area (Å²) < 4.78 is 0. The number of nitrogens with two attached hydrogens (primary N) is 1. The molecule has 2 aromatic rings. The monoisotopic (exact) mass is 352 g/mol. The van der Waals surface area contributed by atoms with E-state index in [1.165, 1.54) is 0 Å². The van der Waals surface area contributed by atoms with Crippen molar-refractivity contribution in [1.29, 1.82) is 0 Å². The van der Waals surface area contributed by atoms with Crippen molar-refractivity contribution >= 4 is 17.5 Å². The van der Waals surface area contributed by atoms with Crippen LogP contribution in [-0.4, -0.2) is 22.8 Å². The van der Waals surface area contributed by atoms with E-state index in [-0.39, 0.29) is 17.9 Å². The Hall–Kier alpha value is -2.73. The van der Waals surface area contributed by atoms with Crippen molar-refractivity contribution in [3.63, 3.8) is 0 Å². The van der Waals surface area contributed by atoms with Crippen LogP contribution in [0.15, 0.2) is 48.8 Å². The molecular formula is C20H24N4O2. The van der Waals surface area contributed by atoms with Gasteiger partial charge in [0.15, 0.2) is 0 Å². The highest BCUT2D eigenvalue weighted by Crippen LogP contribution is 2.26. The highest BCUT2D eigenvalue weighted by atomic mass is 16.2. The molecule has 0 unspecified atom stereocenters. The molecule has 1 fully saturated rings. The topological polar surface area (TPSA) is 97.1 Å². The normalized spacial score (nSPS) is 19.1. The fourth-order valence-electron chi connectivity index (χ4n) is 3.24. The van der Waals surface area contributed by atoms with Gasteiger partial charge in [0.1, 0.15) is 0 Å². The van der Waals surface area contributed by atoms with Crippen LogP contribution in [-0.2, 0) is 11.3 Å². The molecule has 1 saturated carbocycles. The first kappa shape index (κ1) is 18.1. The summed E-state index contributed by atoms with van der Waals surface area (Å²) in [7, 11) is 0. The molecule has 1 aromatic heterocycles. The van der Waals surface area contributed by atoms with Gasteiger partial charge in [-0.1, -0.05) is 18.6 Å². The Balaban J connectivity index is 1.48. The third-order valence-corrected chi connectivity index (χ3v) is 4.79. The molecule has 1 heterocycles. The van der Waals surface area contributed by atoms with Crippen molar-refractivity contribution in [1.82, 2.24) is 10.3 Å². The molecule has 6 nitrogen and oxygen atoms in total. The first-order chi connectivity index (χ1) is 12.6. The van der Waals surface area contributed by atoms with Crippen LogP contribution < -0.4 is 16.4 Å². The molecule has 3 rings (SSSR count). The van der Waals surface area contributed by atoms with E-state index in [0.29, 0.717) is 30.1 Å². The Morgan fingerprint density at radius 2 is 1.96 bits per heavy atom. The van der Waals surface area contributed by atoms with Crippen LogP contribution in [0.1, 0.15) is 41.6 Å². The second-order valence-electron chi connectivity index (χ2n) is 6.73. The van der Waals surface area contributed by atoms with Gasteiger partial charge in [-0.25, -0.2) is 0 Å². The number of hydrogen-bond acceptors (Lipinski definition) is 4. The number of nitrogens with one attached hydrogen (secondary N) is 2. The maximum atomic E-state index is 12.2. The molecule has 0 aliphatic heterocycles. The van der Waals surface area contributed by atoms with Crippen LogP contribution in [0.25, 0.3) is 0 Å². The van der Waals surface area contributed by atoms with Crippen LogP contribution >= 0.6 is 0 Å². The van der Waals surface area contributed by atoms with Gasteiger partial charge in [0.25, 0.3) is 5.91 Å². The Bertz CT molecular complexity index is 746. The highest BCUT2D eigenvalue weighted by molar-refractivity contribution is 6.04. The first-order valence-electron chi connectivity index (χ1n) is 8.94. The zero-order valence-electron chi connectivity index (χ0n) is 14.7. The van der Waals surface area contributed by atoms with Gasteiger partial charge in [-0.15, -0.1) is 0 Å². The number of benzene rings is 1. The van der Waals surface area contributed by atoms with Crippen molar-refractivity contribution in [2.45, 2.75) is 38.3 Å². The van der Waals surface area contributed by atoms with E-state index < -0.39 is 0 Å². The molecule has 26 heavy (non-hydrogen) atoms. The molecule has 2 atom stereocenters. The molecule has 0 spiro atoms. The molecule has 1 aliphatic rings. The number of amides is 2. The number of hydrogen-bond donors (Lipinski definition) is 3. The summed E-state index contributed by atoms with van der Waals surface area (Å²) in [5.74, 6) is 0.142. The zero-order valence-corrected chi connectivity index (χ0v) is 14.7. The lowest BCUT2D eigenvalue weighted by Gasteiger charge is -2.14. The average Bonchev–Trinajstić information content (AvgIpc) is 3.06. The SMILES string of the molecule is N[C@@H]1CCC[C@H]1CC(=O)NCc1ccc(C(=O)Nc2cccnc2)cc1. The van der Waals surface area contributed by atoms with E-state index in [4.69, 9.17) is 5.73 Å². The minimum Gasteiger partial charge on any atom is -0.352 e. The minimum absolute atomic E-state index is 0.0331. The standard InChI is InChI=1S/C20H24N4O2/c21-18-5-1-3-16(18)11-19(25)23-12-14-6-8-15(9-7-14)20(26)24-17-4-2-10-22-13-17/h2,4,6-10,13,16,18H,1,3,5,11-12,21H2,(H,23,25)(H,24,26)/t16-,18+/m0/s1. The number of nitrogens with zero attached hydrogens (tertiary/aromatic N) is 1. The quantitative estimate of drug-likeness (QED) is 0.744. The maximum Gasteiger partial charge on any atom is 0.255 e. The predicted molar refractivity (Wildman–Crippen MR) is 100 cm³/mol. The summed E-state index contributed by atoms with van der Waals surface area (Å²) in [5, 5.41) is 5.72. The molecule has 6 heteroatoms. The summed E-state index contributed by atoms with van der Waals surface area (Å²) in [6.07, 6.45) is 6.90. The number of anilines is 1. The van der Waals surface area contributed by atoms with E-state index in [9.17, 15) is 9.59 Å². The highest BCUT2D eigenvalue weighted by Gasteiger charge is 2.25. The molecule has 4 N–H and O–H groups in total. The Morgan fingerprint density at radius 3 is 2.62 bits per heavy atom. The lowest BCUT2D eigenvalue weighted by Crippen LogP contribution is -2.31. The van der Waals surface area contributed by atoms with Crippen LogP contribution in [0.4, 0.5) is 5.69 Å². The van der Waals surface area contributed by atoms with Crippen LogP contribution in [0.2, 0.25) is 0 Å². The summed E-state index contributed by atoms with van der Waals surface area (Å²) >= 11 is 0. The van der Waals surface area contributed by atoms with Gasteiger partial charge >= 0.3 is 0 Å². The number of rotatable bonds is 6. The van der Waals surface area contributed by atoms with E-state index in [0.717, 1.165) is 24.8 Å². The molecule has 0 saturated heterocycles.